The van der Waals surface area contributed by atoms with E-state index in [4.69, 9.17) is 4.74 Å². The molecule has 1 N–H and O–H groups in total. The molecule has 2 aromatic rings. The van der Waals surface area contributed by atoms with Crippen molar-refractivity contribution >= 4 is 10.2 Å². The molecule has 0 spiro atoms. The third-order valence-corrected chi connectivity index (χ3v) is 5.77. The van der Waals surface area contributed by atoms with Crippen molar-refractivity contribution in [2.24, 2.45) is 0 Å². The first-order valence-corrected chi connectivity index (χ1v) is 9.48. The molecule has 1 aliphatic heterocycles. The van der Waals surface area contributed by atoms with Crippen molar-refractivity contribution in [2.75, 3.05) is 20.3 Å². The highest BCUT2D eigenvalue weighted by Gasteiger charge is 2.33. The summed E-state index contributed by atoms with van der Waals surface area (Å²) in [5.41, 5.74) is 1.27. The maximum Gasteiger partial charge on any atom is 0.280 e. The van der Waals surface area contributed by atoms with Crippen LogP contribution in [0.1, 0.15) is 18.4 Å². The van der Waals surface area contributed by atoms with Gasteiger partial charge in [0.25, 0.3) is 10.2 Å². The van der Waals surface area contributed by atoms with Crippen molar-refractivity contribution < 1.29 is 17.5 Å². The van der Waals surface area contributed by atoms with E-state index >= 15 is 0 Å². The van der Waals surface area contributed by atoms with E-state index in [2.05, 4.69) is 9.82 Å². The van der Waals surface area contributed by atoms with Gasteiger partial charge in [-0.15, -0.1) is 0 Å². The normalized spacial score (nSPS) is 18.7. The molecule has 0 saturated carbocycles. The zero-order chi connectivity index (χ0) is 17.9. The third-order valence-electron chi connectivity index (χ3n) is 4.16. The van der Waals surface area contributed by atoms with Gasteiger partial charge in [0.1, 0.15) is 5.82 Å². The second kappa shape index (κ2) is 7.61. The molecule has 0 radical (unpaired) electrons. The van der Waals surface area contributed by atoms with Crippen molar-refractivity contribution in [3.05, 3.63) is 48.0 Å². The molecule has 1 aliphatic rings. The van der Waals surface area contributed by atoms with Crippen molar-refractivity contribution in [3.63, 3.8) is 0 Å². The quantitative estimate of drug-likeness (QED) is 0.803. The van der Waals surface area contributed by atoms with Gasteiger partial charge in [0.15, 0.2) is 0 Å². The smallest absolute Gasteiger partial charge is 0.280 e. The summed E-state index contributed by atoms with van der Waals surface area (Å²) in [7, 11) is -2.02. The summed E-state index contributed by atoms with van der Waals surface area (Å²) in [4.78, 5) is 0. The second-order valence-corrected chi connectivity index (χ2v) is 7.67. The number of nitrogens with one attached hydrogen (secondary N) is 1. The van der Waals surface area contributed by atoms with E-state index in [0.29, 0.717) is 24.4 Å². The highest BCUT2D eigenvalue weighted by atomic mass is 32.2. The molecule has 2 heterocycles. The van der Waals surface area contributed by atoms with Crippen molar-refractivity contribution in [1.82, 2.24) is 18.8 Å². The minimum atomic E-state index is -3.59. The van der Waals surface area contributed by atoms with E-state index in [-0.39, 0.29) is 18.4 Å². The lowest BCUT2D eigenvalue weighted by atomic mass is 10.2. The molecule has 1 fully saturated rings. The Morgan fingerprint density at radius 1 is 1.44 bits per heavy atom. The van der Waals surface area contributed by atoms with Crippen LogP contribution in [0.5, 0.6) is 0 Å². The average molecular weight is 368 g/mol. The molecule has 0 amide bonds. The lowest BCUT2D eigenvalue weighted by Crippen LogP contribution is -2.44. The number of hydrogen-bond acceptors (Lipinski definition) is 4. The topological polar surface area (TPSA) is 76.5 Å². The van der Waals surface area contributed by atoms with Crippen LogP contribution in [0, 0.1) is 5.82 Å². The molecule has 3 rings (SSSR count). The molecule has 136 valence electrons. The van der Waals surface area contributed by atoms with Crippen LogP contribution >= 0.6 is 0 Å². The number of rotatable bonds is 7. The van der Waals surface area contributed by atoms with Gasteiger partial charge in [-0.05, 0) is 31.0 Å². The number of benzene rings is 1. The van der Waals surface area contributed by atoms with Crippen molar-refractivity contribution in [3.8, 4) is 5.69 Å². The zero-order valence-electron chi connectivity index (χ0n) is 13.9. The average Bonchev–Trinajstić information content (AvgIpc) is 3.23. The van der Waals surface area contributed by atoms with Crippen LogP contribution in [0.2, 0.25) is 0 Å². The van der Waals surface area contributed by atoms with Gasteiger partial charge in [-0.25, -0.2) is 9.07 Å². The van der Waals surface area contributed by atoms with Gasteiger partial charge < -0.3 is 4.74 Å². The van der Waals surface area contributed by atoms with E-state index in [9.17, 15) is 12.8 Å². The summed E-state index contributed by atoms with van der Waals surface area (Å²) in [6.45, 7) is 0.998. The first kappa shape index (κ1) is 18.0. The Hall–Kier alpha value is -1.81. The molecular weight excluding hydrogens is 347 g/mol. The van der Waals surface area contributed by atoms with Crippen LogP contribution < -0.4 is 4.72 Å². The summed E-state index contributed by atoms with van der Waals surface area (Å²) in [6, 6.07) is 5.91. The van der Waals surface area contributed by atoms with Crippen molar-refractivity contribution in [2.45, 2.75) is 25.4 Å². The Kier molecular flexibility index (Phi) is 5.48. The lowest BCUT2D eigenvalue weighted by Gasteiger charge is -2.23. The van der Waals surface area contributed by atoms with E-state index in [0.717, 1.165) is 12.8 Å². The number of nitrogens with zero attached hydrogens (tertiary/aromatic N) is 3. The molecular formula is C16H21FN4O3S. The van der Waals surface area contributed by atoms with Gasteiger partial charge in [-0.3, -0.25) is 0 Å². The predicted octanol–water partition coefficient (Wildman–Crippen LogP) is 1.46. The lowest BCUT2D eigenvalue weighted by molar-refractivity contribution is 0.148. The molecule has 1 atom stereocenters. The molecule has 7 nitrogen and oxygen atoms in total. The Morgan fingerprint density at radius 2 is 2.28 bits per heavy atom. The van der Waals surface area contributed by atoms with E-state index in [1.165, 1.54) is 21.1 Å². The van der Waals surface area contributed by atoms with Crippen LogP contribution in [0.25, 0.3) is 5.69 Å². The monoisotopic (exact) mass is 368 g/mol. The number of hydrogen-bond donors (Lipinski definition) is 1. The summed E-state index contributed by atoms with van der Waals surface area (Å²) in [6.07, 6.45) is 4.86. The highest BCUT2D eigenvalue weighted by molar-refractivity contribution is 7.87. The molecule has 0 aliphatic carbocycles. The minimum Gasteiger partial charge on any atom is -0.383 e. The van der Waals surface area contributed by atoms with Crippen LogP contribution in [0.15, 0.2) is 36.7 Å². The summed E-state index contributed by atoms with van der Waals surface area (Å²) < 4.78 is 48.9. The summed E-state index contributed by atoms with van der Waals surface area (Å²) in [5.74, 6) is -0.353. The van der Waals surface area contributed by atoms with Gasteiger partial charge in [0.2, 0.25) is 0 Å². The second-order valence-electron chi connectivity index (χ2n) is 5.96. The first-order chi connectivity index (χ1) is 12.0. The van der Waals surface area contributed by atoms with Crippen LogP contribution in [-0.4, -0.2) is 48.8 Å². The largest absolute Gasteiger partial charge is 0.383 e. The van der Waals surface area contributed by atoms with Crippen molar-refractivity contribution in [1.29, 1.82) is 0 Å². The number of halogens is 1. The Morgan fingerprint density at radius 3 is 3.04 bits per heavy atom. The molecule has 0 unspecified atom stereocenters. The van der Waals surface area contributed by atoms with Gasteiger partial charge >= 0.3 is 0 Å². The predicted molar refractivity (Wildman–Crippen MR) is 90.9 cm³/mol. The first-order valence-electron chi connectivity index (χ1n) is 8.04. The maximum atomic E-state index is 13.3. The van der Waals surface area contributed by atoms with Crippen LogP contribution in [-0.2, 0) is 21.5 Å². The van der Waals surface area contributed by atoms with E-state index in [1.807, 2.05) is 0 Å². The fourth-order valence-electron chi connectivity index (χ4n) is 2.95. The Labute approximate surface area is 146 Å². The number of aromatic nitrogens is 2. The fourth-order valence-corrected chi connectivity index (χ4v) is 4.40. The molecule has 25 heavy (non-hydrogen) atoms. The molecule has 1 saturated heterocycles. The van der Waals surface area contributed by atoms with Crippen LogP contribution in [0.3, 0.4) is 0 Å². The zero-order valence-corrected chi connectivity index (χ0v) is 14.7. The highest BCUT2D eigenvalue weighted by Crippen LogP contribution is 2.20. The van der Waals surface area contributed by atoms with E-state index < -0.39 is 10.2 Å². The molecule has 9 heteroatoms. The SMILES string of the molecule is COC[C@@H]1CCCN1S(=O)(=O)NCc1cnn(-c2cccc(F)c2)c1. The fraction of sp³-hybridized carbons (Fsp3) is 0.438. The molecule has 1 aromatic carbocycles. The standard InChI is InChI=1S/C16H21FN4O3S/c1-24-12-16-6-3-7-21(16)25(22,23)19-10-13-9-18-20(11-13)15-5-2-4-14(17)8-15/h2,4-5,8-9,11,16,19H,3,6-7,10,12H2,1H3/t16-/m0/s1. The van der Waals surface area contributed by atoms with Crippen LogP contribution in [0.4, 0.5) is 4.39 Å². The summed E-state index contributed by atoms with van der Waals surface area (Å²) >= 11 is 0. The van der Waals surface area contributed by atoms with Gasteiger partial charge in [0.05, 0.1) is 18.5 Å². The Bertz CT molecular complexity index is 824. The van der Waals surface area contributed by atoms with E-state index in [1.54, 1.807) is 31.6 Å². The number of ether oxygens (including phenoxy) is 1. The minimum absolute atomic E-state index is 0.119. The van der Waals surface area contributed by atoms with Gasteiger partial charge in [-0.2, -0.15) is 22.5 Å². The Balaban J connectivity index is 1.65. The maximum absolute atomic E-state index is 13.3. The van der Waals surface area contributed by atoms with Gasteiger partial charge in [0, 0.05) is 38.0 Å². The number of methoxy groups -OCH3 is 1. The molecule has 0 bridgehead atoms. The molecule has 1 aromatic heterocycles. The third kappa shape index (κ3) is 4.24. The summed E-state index contributed by atoms with van der Waals surface area (Å²) in [5, 5.41) is 4.15. The van der Waals surface area contributed by atoms with Gasteiger partial charge in [-0.1, -0.05) is 6.07 Å².